The molecule has 0 aromatic carbocycles. The smallest absolute Gasteiger partial charge is 0.351 e. The highest BCUT2D eigenvalue weighted by Crippen LogP contribution is 2.32. The van der Waals surface area contributed by atoms with E-state index in [-0.39, 0.29) is 12.4 Å². The quantitative estimate of drug-likeness (QED) is 0.472. The summed E-state index contributed by atoms with van der Waals surface area (Å²) in [4.78, 5) is 15.6. The van der Waals surface area contributed by atoms with Crippen LogP contribution in [0.15, 0.2) is 29.7 Å². The van der Waals surface area contributed by atoms with Gasteiger partial charge in [0.1, 0.15) is 30.2 Å². The van der Waals surface area contributed by atoms with Gasteiger partial charge in [-0.3, -0.25) is 4.57 Å². The maximum atomic E-state index is 12.0. The first kappa shape index (κ1) is 17.2. The highest BCUT2D eigenvalue weighted by Gasteiger charge is 2.48. The van der Waals surface area contributed by atoms with E-state index in [1.54, 1.807) is 6.92 Å². The van der Waals surface area contributed by atoms with Crippen molar-refractivity contribution in [1.29, 1.82) is 0 Å². The SMILES string of the molecule is C=CCO[C@@H]1[C@H](O)[C@@H](C(O)C#CC)O[C@H]1n1ccc(N)nc1=O. The van der Waals surface area contributed by atoms with Gasteiger partial charge in [0, 0.05) is 6.20 Å². The van der Waals surface area contributed by atoms with E-state index in [2.05, 4.69) is 23.4 Å². The van der Waals surface area contributed by atoms with Gasteiger partial charge < -0.3 is 25.4 Å². The molecular formula is C15H19N3O5. The molecule has 0 aliphatic carbocycles. The summed E-state index contributed by atoms with van der Waals surface area (Å²) in [6.45, 7) is 5.24. The van der Waals surface area contributed by atoms with E-state index in [0.717, 1.165) is 4.57 Å². The predicted octanol–water partition coefficient (Wildman–Crippen LogP) is -0.961. The lowest BCUT2D eigenvalue weighted by molar-refractivity contribution is -0.0772. The molecule has 1 aromatic rings. The van der Waals surface area contributed by atoms with E-state index in [1.165, 1.54) is 18.3 Å². The van der Waals surface area contributed by atoms with Crippen molar-refractivity contribution in [3.63, 3.8) is 0 Å². The zero-order chi connectivity index (χ0) is 17.0. The molecule has 2 rings (SSSR count). The first-order chi connectivity index (χ1) is 11.0. The molecule has 1 saturated heterocycles. The van der Waals surface area contributed by atoms with Crippen molar-refractivity contribution in [3.05, 3.63) is 35.4 Å². The maximum absolute atomic E-state index is 12.0. The number of aliphatic hydroxyl groups excluding tert-OH is 2. The Labute approximate surface area is 133 Å². The maximum Gasteiger partial charge on any atom is 0.351 e. The lowest BCUT2D eigenvalue weighted by Gasteiger charge is -2.21. The minimum atomic E-state index is -1.22. The molecule has 0 amide bonds. The summed E-state index contributed by atoms with van der Waals surface area (Å²) >= 11 is 0. The standard InChI is InChI=1S/C15H19N3O5/c1-3-5-9(19)12-11(20)13(22-8-4-2)14(23-12)18-7-6-10(16)17-15(18)21/h4,6-7,9,11-14,19-20H,2,8H2,1H3,(H2,16,17,21)/t9?,11-,12-,13-,14-/m1/s1. The van der Waals surface area contributed by atoms with Gasteiger partial charge in [-0.25, -0.2) is 4.79 Å². The van der Waals surface area contributed by atoms with E-state index in [1.807, 2.05) is 0 Å². The van der Waals surface area contributed by atoms with Crippen LogP contribution in [0.25, 0.3) is 0 Å². The minimum Gasteiger partial charge on any atom is -0.387 e. The predicted molar refractivity (Wildman–Crippen MR) is 82.2 cm³/mol. The van der Waals surface area contributed by atoms with E-state index >= 15 is 0 Å². The Balaban J connectivity index is 2.35. The van der Waals surface area contributed by atoms with Crippen LogP contribution in [0.3, 0.4) is 0 Å². The first-order valence-corrected chi connectivity index (χ1v) is 7.00. The molecule has 1 fully saturated rings. The summed E-state index contributed by atoms with van der Waals surface area (Å²) in [6.07, 6.45) is -2.38. The minimum absolute atomic E-state index is 0.0711. The second-order valence-corrected chi connectivity index (χ2v) is 4.95. The van der Waals surface area contributed by atoms with Crippen molar-refractivity contribution in [3.8, 4) is 11.8 Å². The molecule has 4 N–H and O–H groups in total. The monoisotopic (exact) mass is 321 g/mol. The van der Waals surface area contributed by atoms with Crippen molar-refractivity contribution >= 4 is 5.82 Å². The Kier molecular flexibility index (Phi) is 5.52. The average molecular weight is 321 g/mol. The summed E-state index contributed by atoms with van der Waals surface area (Å²) in [5.41, 5.74) is 4.82. The van der Waals surface area contributed by atoms with E-state index in [4.69, 9.17) is 15.2 Å². The third kappa shape index (κ3) is 3.60. The number of aromatic nitrogens is 2. The van der Waals surface area contributed by atoms with Crippen molar-refractivity contribution in [2.75, 3.05) is 12.3 Å². The van der Waals surface area contributed by atoms with Crippen LogP contribution in [0.4, 0.5) is 5.82 Å². The van der Waals surface area contributed by atoms with Gasteiger partial charge in [0.05, 0.1) is 6.61 Å². The van der Waals surface area contributed by atoms with Gasteiger partial charge in [-0.2, -0.15) is 4.98 Å². The Morgan fingerprint density at radius 3 is 3.04 bits per heavy atom. The molecule has 124 valence electrons. The number of nitrogen functional groups attached to an aromatic ring is 1. The number of aliphatic hydroxyl groups is 2. The number of rotatable bonds is 5. The fourth-order valence-corrected chi connectivity index (χ4v) is 2.37. The molecule has 2 heterocycles. The molecule has 0 bridgehead atoms. The Hall–Kier alpha value is -2.18. The number of anilines is 1. The second-order valence-electron chi connectivity index (χ2n) is 4.95. The molecule has 1 aliphatic heterocycles. The van der Waals surface area contributed by atoms with Gasteiger partial charge >= 0.3 is 5.69 Å². The van der Waals surface area contributed by atoms with Gasteiger partial charge in [0.25, 0.3) is 0 Å². The summed E-state index contributed by atoms with van der Waals surface area (Å²) in [6, 6.07) is 1.43. The lowest BCUT2D eigenvalue weighted by Crippen LogP contribution is -2.40. The summed E-state index contributed by atoms with van der Waals surface area (Å²) in [7, 11) is 0. The van der Waals surface area contributed by atoms with Crippen LogP contribution in [-0.2, 0) is 9.47 Å². The van der Waals surface area contributed by atoms with E-state index < -0.39 is 36.3 Å². The fraction of sp³-hybridized carbons (Fsp3) is 0.467. The van der Waals surface area contributed by atoms with Crippen LogP contribution in [-0.4, -0.2) is 50.8 Å². The third-order valence-corrected chi connectivity index (χ3v) is 3.39. The molecule has 0 spiro atoms. The van der Waals surface area contributed by atoms with Crippen LogP contribution >= 0.6 is 0 Å². The van der Waals surface area contributed by atoms with Crippen LogP contribution in [0.5, 0.6) is 0 Å². The van der Waals surface area contributed by atoms with Crippen LogP contribution in [0.1, 0.15) is 13.2 Å². The zero-order valence-corrected chi connectivity index (χ0v) is 12.6. The van der Waals surface area contributed by atoms with E-state index in [0.29, 0.717) is 0 Å². The largest absolute Gasteiger partial charge is 0.387 e. The van der Waals surface area contributed by atoms with Crippen molar-refractivity contribution in [1.82, 2.24) is 9.55 Å². The zero-order valence-electron chi connectivity index (χ0n) is 12.6. The number of hydrogen-bond donors (Lipinski definition) is 3. The molecule has 0 saturated carbocycles. The first-order valence-electron chi connectivity index (χ1n) is 7.00. The molecule has 8 heteroatoms. The fourth-order valence-electron chi connectivity index (χ4n) is 2.37. The molecule has 8 nitrogen and oxygen atoms in total. The van der Waals surface area contributed by atoms with Gasteiger partial charge in [-0.05, 0) is 13.0 Å². The molecule has 1 unspecified atom stereocenters. The summed E-state index contributed by atoms with van der Waals surface area (Å²) < 4.78 is 12.3. The van der Waals surface area contributed by atoms with Gasteiger partial charge in [-0.15, -0.1) is 12.5 Å². The third-order valence-electron chi connectivity index (χ3n) is 3.39. The number of nitrogens with two attached hydrogens (primary N) is 1. The normalized spacial score (nSPS) is 28.0. The number of hydrogen-bond acceptors (Lipinski definition) is 7. The molecule has 23 heavy (non-hydrogen) atoms. The Bertz CT molecular complexity index is 678. The number of nitrogens with zero attached hydrogens (tertiary/aromatic N) is 2. The molecule has 5 atom stereocenters. The summed E-state index contributed by atoms with van der Waals surface area (Å²) in [5, 5.41) is 20.4. The number of ether oxygens (including phenoxy) is 2. The van der Waals surface area contributed by atoms with Crippen LogP contribution in [0.2, 0.25) is 0 Å². The highest BCUT2D eigenvalue weighted by atomic mass is 16.6. The molecule has 1 aliphatic rings. The van der Waals surface area contributed by atoms with Crippen molar-refractivity contribution < 1.29 is 19.7 Å². The topological polar surface area (TPSA) is 120 Å². The van der Waals surface area contributed by atoms with Crippen LogP contribution in [0, 0.1) is 11.8 Å². The van der Waals surface area contributed by atoms with Gasteiger partial charge in [0.15, 0.2) is 6.23 Å². The van der Waals surface area contributed by atoms with Crippen molar-refractivity contribution in [2.24, 2.45) is 0 Å². The Morgan fingerprint density at radius 2 is 2.43 bits per heavy atom. The average Bonchev–Trinajstić information content (AvgIpc) is 2.82. The van der Waals surface area contributed by atoms with Crippen molar-refractivity contribution in [2.45, 2.75) is 37.6 Å². The highest BCUT2D eigenvalue weighted by molar-refractivity contribution is 5.23. The Morgan fingerprint density at radius 1 is 1.70 bits per heavy atom. The van der Waals surface area contributed by atoms with E-state index in [9.17, 15) is 15.0 Å². The van der Waals surface area contributed by atoms with Gasteiger partial charge in [0.2, 0.25) is 0 Å². The summed E-state index contributed by atoms with van der Waals surface area (Å²) in [5.74, 6) is 5.13. The van der Waals surface area contributed by atoms with Gasteiger partial charge in [-0.1, -0.05) is 12.0 Å². The van der Waals surface area contributed by atoms with Crippen LogP contribution < -0.4 is 11.4 Å². The molecule has 0 radical (unpaired) electrons. The molecule has 1 aromatic heterocycles. The second kappa shape index (κ2) is 7.39. The lowest BCUT2D eigenvalue weighted by atomic mass is 10.1. The molecular weight excluding hydrogens is 302 g/mol.